The second-order valence-electron chi connectivity index (χ2n) is 15.9. The fourth-order valence-corrected chi connectivity index (χ4v) is 6.67. The van der Waals surface area contributed by atoms with Crippen LogP contribution < -0.4 is 22.1 Å². The van der Waals surface area contributed by atoms with Gasteiger partial charge in [-0.05, 0) is 80.8 Å². The zero-order valence-corrected chi connectivity index (χ0v) is 41.9. The molecule has 0 heterocycles. The first-order chi connectivity index (χ1) is 27.4. The predicted octanol–water partition coefficient (Wildman–Crippen LogP) is 2.83. The summed E-state index contributed by atoms with van der Waals surface area (Å²) in [5.41, 5.74) is 9.40. The van der Waals surface area contributed by atoms with E-state index in [4.69, 9.17) is 39.9 Å². The van der Waals surface area contributed by atoms with Crippen LogP contribution in [-0.4, -0.2) is 173 Å². The fraction of sp³-hybridized carbons (Fsp3) is 0.816. The smallest absolute Gasteiger partial charge is 0.315 e. The summed E-state index contributed by atoms with van der Waals surface area (Å²) in [6.07, 6.45) is 1.37. The summed E-state index contributed by atoms with van der Waals surface area (Å²) in [4.78, 5) is 80.8. The number of carbonyl (C=O) groups excluding carboxylic acids is 6. The number of nitrogens with zero attached hydrogens (tertiary/aromatic N) is 1. The minimum atomic E-state index is -1.32. The van der Waals surface area contributed by atoms with Crippen molar-refractivity contribution in [2.24, 2.45) is 21.9 Å². The minimum absolute atomic E-state index is 0.0412. The van der Waals surface area contributed by atoms with Crippen LogP contribution in [0.15, 0.2) is 4.99 Å². The minimum Gasteiger partial charge on any atom is -0.464 e. The number of ketones is 1. The Balaban J connectivity index is 5.36. The highest BCUT2D eigenvalue weighted by Crippen LogP contribution is 2.44. The lowest BCUT2D eigenvalue weighted by molar-refractivity contribution is -0.170. The van der Waals surface area contributed by atoms with Crippen molar-refractivity contribution >= 4 is 88.5 Å². The third-order valence-corrected chi connectivity index (χ3v) is 16.5. The number of carbonyl (C=O) groups is 6. The van der Waals surface area contributed by atoms with Crippen LogP contribution in [0.2, 0.25) is 0 Å². The van der Waals surface area contributed by atoms with E-state index in [1.54, 1.807) is 41.5 Å². The number of rotatable bonds is 32. The molecule has 2 atom stereocenters. The molecule has 21 heteroatoms. The number of aliphatic imine (C=N–C) groups is 1. The maximum Gasteiger partial charge on any atom is 0.315 e. The summed E-state index contributed by atoms with van der Waals surface area (Å²) in [5, 5.41) is 3.03. The first-order valence-corrected chi connectivity index (χ1v) is 26.6. The van der Waals surface area contributed by atoms with Crippen LogP contribution in [0.1, 0.15) is 61.3 Å². The number of hydrogen-bond donors (Lipinski definition) is 4. The van der Waals surface area contributed by atoms with E-state index in [1.165, 1.54) is 0 Å². The van der Waals surface area contributed by atoms with Gasteiger partial charge in [-0.1, -0.05) is 45.4 Å². The molecular formula is C38H71IN5O12P3. The average molecular weight is 1010 g/mol. The molecule has 0 bridgehead atoms. The third-order valence-electron chi connectivity index (χ3n) is 9.49. The number of alkyl halides is 1. The topological polar surface area (TPSA) is 246 Å². The number of ether oxygens (including phenoxy) is 6. The lowest BCUT2D eigenvalue weighted by Gasteiger charge is -2.36. The Morgan fingerprint density at radius 3 is 1.71 bits per heavy atom. The number of hydrogen-bond acceptors (Lipinski definition) is 13. The molecule has 0 saturated carbocycles. The van der Waals surface area contributed by atoms with E-state index in [9.17, 15) is 28.8 Å². The first kappa shape index (κ1) is 57.2. The van der Waals surface area contributed by atoms with Crippen molar-refractivity contribution in [2.45, 2.75) is 82.8 Å². The molecule has 0 aromatic heterocycles. The molecule has 342 valence electrons. The van der Waals surface area contributed by atoms with Crippen LogP contribution in [0.3, 0.4) is 0 Å². The van der Waals surface area contributed by atoms with E-state index in [1.807, 2.05) is 56.2 Å². The highest BCUT2D eigenvalue weighted by atomic mass is 127. The molecule has 59 heavy (non-hydrogen) atoms. The van der Waals surface area contributed by atoms with Gasteiger partial charge < -0.3 is 50.5 Å². The SMILES string of the molecule is CCPC(C)(C)C(=O)OCC(COCC(=O)NCCOCCOCCCC(=O)C(CN=C(N)N)NC(=O)CI)(COC(=O)C(C)(C)P(C)C)COC(=O)C(C)(C)P(C)C. The average Bonchev–Trinajstić information content (AvgIpc) is 3.16. The maximum atomic E-state index is 13.3. The van der Waals surface area contributed by atoms with E-state index < -0.39 is 66.6 Å². The molecule has 0 aromatic carbocycles. The van der Waals surface area contributed by atoms with Gasteiger partial charge in [0, 0.05) is 19.6 Å². The van der Waals surface area contributed by atoms with Crippen molar-refractivity contribution in [1.29, 1.82) is 0 Å². The summed E-state index contributed by atoms with van der Waals surface area (Å²) >= 11 is 1.90. The van der Waals surface area contributed by atoms with Gasteiger partial charge in [0.15, 0.2) is 11.7 Å². The van der Waals surface area contributed by atoms with Crippen LogP contribution in [0.4, 0.5) is 0 Å². The summed E-state index contributed by atoms with van der Waals surface area (Å²) in [5.74, 6) is -2.46. The second-order valence-corrected chi connectivity index (χ2v) is 24.8. The predicted molar refractivity (Wildman–Crippen MR) is 245 cm³/mol. The van der Waals surface area contributed by atoms with Crippen molar-refractivity contribution in [3.63, 3.8) is 0 Å². The molecule has 0 aromatic rings. The Bertz CT molecular complexity index is 1350. The zero-order valence-electron chi connectivity index (χ0n) is 37.0. The molecule has 17 nitrogen and oxygen atoms in total. The Morgan fingerprint density at radius 2 is 1.24 bits per heavy atom. The van der Waals surface area contributed by atoms with Crippen molar-refractivity contribution in [2.75, 3.05) is 110 Å². The van der Waals surface area contributed by atoms with Gasteiger partial charge in [-0.25, -0.2) is 0 Å². The highest BCUT2D eigenvalue weighted by molar-refractivity contribution is 14.1. The molecule has 0 saturated heterocycles. The van der Waals surface area contributed by atoms with Crippen molar-refractivity contribution in [3.05, 3.63) is 0 Å². The van der Waals surface area contributed by atoms with Crippen LogP contribution in [-0.2, 0) is 57.2 Å². The van der Waals surface area contributed by atoms with Crippen LogP contribution in [0.25, 0.3) is 0 Å². The van der Waals surface area contributed by atoms with Crippen LogP contribution in [0, 0.1) is 5.41 Å². The number of Topliss-reactive ketones (excluding diaryl/α,β-unsaturated/α-hetero) is 1. The van der Waals surface area contributed by atoms with Crippen LogP contribution >= 0.6 is 47.0 Å². The van der Waals surface area contributed by atoms with Gasteiger partial charge in [0.25, 0.3) is 0 Å². The molecule has 0 radical (unpaired) electrons. The summed E-state index contributed by atoms with van der Waals surface area (Å²) < 4.78 is 34.7. The van der Waals surface area contributed by atoms with Gasteiger partial charge in [-0.2, -0.15) is 0 Å². The van der Waals surface area contributed by atoms with Gasteiger partial charge in [0.1, 0.15) is 32.5 Å². The van der Waals surface area contributed by atoms with Gasteiger partial charge in [-0.3, -0.25) is 33.8 Å². The lowest BCUT2D eigenvalue weighted by Crippen LogP contribution is -2.47. The molecule has 2 unspecified atom stereocenters. The van der Waals surface area contributed by atoms with E-state index >= 15 is 0 Å². The van der Waals surface area contributed by atoms with Crippen LogP contribution in [0.5, 0.6) is 0 Å². The molecule has 0 rings (SSSR count). The number of amides is 2. The molecule has 2 amide bonds. The summed E-state index contributed by atoms with van der Waals surface area (Å²) in [6.45, 7) is 20.4. The van der Waals surface area contributed by atoms with Gasteiger partial charge in [0.05, 0.1) is 58.3 Å². The monoisotopic (exact) mass is 1010 g/mol. The second kappa shape index (κ2) is 28.7. The normalized spacial score (nSPS) is 13.0. The Kier molecular flexibility index (Phi) is 27.8. The third kappa shape index (κ3) is 22.7. The van der Waals surface area contributed by atoms with Crippen molar-refractivity contribution < 1.29 is 57.2 Å². The Labute approximate surface area is 369 Å². The number of halogens is 1. The number of esters is 3. The number of nitrogens with one attached hydrogen (secondary N) is 2. The lowest BCUT2D eigenvalue weighted by atomic mass is 9.91. The Morgan fingerprint density at radius 1 is 0.729 bits per heavy atom. The highest BCUT2D eigenvalue weighted by Gasteiger charge is 2.43. The van der Waals surface area contributed by atoms with E-state index in [-0.39, 0.29) is 94.4 Å². The largest absolute Gasteiger partial charge is 0.464 e. The molecule has 6 N–H and O–H groups in total. The van der Waals surface area contributed by atoms with E-state index in [0.717, 1.165) is 6.16 Å². The zero-order chi connectivity index (χ0) is 45.5. The van der Waals surface area contributed by atoms with Crippen molar-refractivity contribution in [1.82, 2.24) is 10.6 Å². The molecule has 0 fully saturated rings. The quantitative estimate of drug-likeness (QED) is 0.0111. The standard InChI is InChI=1S/C38H71IN5O12P3/c1-12-57-35(2,3)31(48)54-24-38(25-55-32(49)36(4,5)58(8)9,26-56-33(50)37(6,7)59(10)11)23-53-22-30(47)42-15-17-52-19-18-51-16-13-14-28(45)27(21-43-34(40)41)44-29(46)20-39/h27,57H,12-26H2,1-11H3,(H,42,47)(H,44,46)(H4,40,41,43). The maximum absolute atomic E-state index is 13.3. The Hall–Kier alpha value is -1.81. The number of guanidine groups is 1. The van der Waals surface area contributed by atoms with Gasteiger partial charge >= 0.3 is 17.9 Å². The molecule has 0 aliphatic carbocycles. The van der Waals surface area contributed by atoms with Gasteiger partial charge in [-0.15, -0.1) is 8.58 Å². The molecular weight excluding hydrogens is 938 g/mol. The summed E-state index contributed by atoms with van der Waals surface area (Å²) in [6, 6.07) is -0.821. The molecule has 0 aliphatic heterocycles. The van der Waals surface area contributed by atoms with Crippen molar-refractivity contribution in [3.8, 4) is 0 Å². The molecule has 0 spiro atoms. The van der Waals surface area contributed by atoms with E-state index in [2.05, 4.69) is 15.6 Å². The fourth-order valence-electron chi connectivity index (χ4n) is 4.49. The molecule has 0 aliphatic rings. The summed E-state index contributed by atoms with van der Waals surface area (Å²) in [7, 11) is -1.15. The van der Waals surface area contributed by atoms with Gasteiger partial charge in [0.2, 0.25) is 11.8 Å². The first-order valence-electron chi connectivity index (χ1n) is 19.4. The van der Waals surface area contributed by atoms with E-state index in [0.29, 0.717) is 21.6 Å². The number of nitrogens with two attached hydrogens (primary N) is 2.